The van der Waals surface area contributed by atoms with Crippen LogP contribution in [0.5, 0.6) is 0 Å². The van der Waals surface area contributed by atoms with E-state index >= 15 is 0 Å². The van der Waals surface area contributed by atoms with Crippen LogP contribution in [0.1, 0.15) is 39.5 Å². The lowest BCUT2D eigenvalue weighted by molar-refractivity contribution is -0.189. The third-order valence-electron chi connectivity index (χ3n) is 3.09. The molecule has 1 rings (SSSR count). The molecule has 0 aromatic rings. The molecular formula is C11H19F3O. The van der Waals surface area contributed by atoms with Gasteiger partial charge < -0.3 is 4.74 Å². The van der Waals surface area contributed by atoms with E-state index < -0.39 is 12.8 Å². The molecule has 1 aliphatic carbocycles. The van der Waals surface area contributed by atoms with Gasteiger partial charge in [0.2, 0.25) is 0 Å². The molecular weight excluding hydrogens is 205 g/mol. The van der Waals surface area contributed by atoms with Crippen molar-refractivity contribution in [3.05, 3.63) is 0 Å². The minimum Gasteiger partial charge on any atom is -0.369 e. The average Bonchev–Trinajstić information content (AvgIpc) is 2.14. The fraction of sp³-hybridized carbons (Fsp3) is 1.00. The summed E-state index contributed by atoms with van der Waals surface area (Å²) in [5.41, 5.74) is 0. The smallest absolute Gasteiger partial charge is 0.369 e. The van der Waals surface area contributed by atoms with Gasteiger partial charge >= 0.3 is 6.18 Å². The summed E-state index contributed by atoms with van der Waals surface area (Å²) in [5, 5.41) is 0. The van der Waals surface area contributed by atoms with Gasteiger partial charge in [-0.05, 0) is 24.7 Å². The van der Waals surface area contributed by atoms with E-state index in [1.807, 2.05) is 0 Å². The summed E-state index contributed by atoms with van der Waals surface area (Å²) in [6, 6.07) is 0. The Bertz CT molecular complexity index is 189. The number of hydrogen-bond acceptors (Lipinski definition) is 1. The second-order valence-corrected chi connectivity index (χ2v) is 4.72. The number of halogens is 3. The zero-order chi connectivity index (χ0) is 11.5. The van der Waals surface area contributed by atoms with Gasteiger partial charge in [-0.2, -0.15) is 13.2 Å². The van der Waals surface area contributed by atoms with Crippen LogP contribution < -0.4 is 0 Å². The zero-order valence-electron chi connectivity index (χ0n) is 9.31. The number of hydrogen-bond donors (Lipinski definition) is 0. The van der Waals surface area contributed by atoms with Gasteiger partial charge in [-0.25, -0.2) is 0 Å². The predicted octanol–water partition coefficient (Wildman–Crippen LogP) is 3.78. The average molecular weight is 224 g/mol. The fourth-order valence-electron chi connectivity index (χ4n) is 2.15. The second-order valence-electron chi connectivity index (χ2n) is 4.72. The number of alkyl halides is 3. The van der Waals surface area contributed by atoms with Crippen LogP contribution >= 0.6 is 0 Å². The second kappa shape index (κ2) is 5.19. The maximum atomic E-state index is 11.9. The molecule has 0 spiro atoms. The summed E-state index contributed by atoms with van der Waals surface area (Å²) in [7, 11) is 0. The van der Waals surface area contributed by atoms with Crippen molar-refractivity contribution in [1.29, 1.82) is 0 Å². The lowest BCUT2D eigenvalue weighted by atomic mass is 9.80. The van der Waals surface area contributed by atoms with E-state index in [1.54, 1.807) is 0 Å². The van der Waals surface area contributed by atoms with Crippen LogP contribution in [0.2, 0.25) is 0 Å². The Labute approximate surface area is 89.0 Å². The van der Waals surface area contributed by atoms with Crippen molar-refractivity contribution >= 4 is 0 Å². The van der Waals surface area contributed by atoms with Crippen LogP contribution in [0.3, 0.4) is 0 Å². The monoisotopic (exact) mass is 224 g/mol. The van der Waals surface area contributed by atoms with Crippen molar-refractivity contribution in [2.45, 2.75) is 51.8 Å². The molecule has 2 atom stereocenters. The van der Waals surface area contributed by atoms with Crippen LogP contribution in [0.25, 0.3) is 0 Å². The molecule has 0 amide bonds. The third-order valence-corrected chi connectivity index (χ3v) is 3.09. The van der Waals surface area contributed by atoms with E-state index in [1.165, 1.54) is 0 Å². The van der Waals surface area contributed by atoms with Crippen LogP contribution in [-0.2, 0) is 4.74 Å². The highest BCUT2D eigenvalue weighted by molar-refractivity contribution is 4.75. The van der Waals surface area contributed by atoms with Crippen LogP contribution in [-0.4, -0.2) is 18.9 Å². The SMILES string of the molecule is CC(C)C1CCCC(OCC(F)(F)F)C1. The maximum absolute atomic E-state index is 11.9. The molecule has 4 heteroatoms. The van der Waals surface area contributed by atoms with Gasteiger partial charge in [0.1, 0.15) is 6.61 Å². The standard InChI is InChI=1S/C11H19F3O/c1-8(2)9-4-3-5-10(6-9)15-7-11(12,13)14/h8-10H,3-7H2,1-2H3. The van der Waals surface area contributed by atoms with Gasteiger partial charge in [0.15, 0.2) is 0 Å². The molecule has 15 heavy (non-hydrogen) atoms. The predicted molar refractivity (Wildman–Crippen MR) is 52.6 cm³/mol. The number of rotatable bonds is 3. The summed E-state index contributed by atoms with van der Waals surface area (Å²) < 4.78 is 40.7. The molecule has 0 radical (unpaired) electrons. The molecule has 0 saturated heterocycles. The first-order chi connectivity index (χ1) is 6.88. The highest BCUT2D eigenvalue weighted by atomic mass is 19.4. The highest BCUT2D eigenvalue weighted by Gasteiger charge is 2.31. The minimum atomic E-state index is -4.19. The van der Waals surface area contributed by atoms with Crippen molar-refractivity contribution in [2.24, 2.45) is 11.8 Å². The first-order valence-corrected chi connectivity index (χ1v) is 5.57. The molecule has 0 aliphatic heterocycles. The Morgan fingerprint density at radius 3 is 2.47 bits per heavy atom. The van der Waals surface area contributed by atoms with E-state index in [-0.39, 0.29) is 6.10 Å². The Balaban J connectivity index is 2.30. The molecule has 1 aliphatic rings. The van der Waals surface area contributed by atoms with Crippen LogP contribution in [0.15, 0.2) is 0 Å². The zero-order valence-corrected chi connectivity index (χ0v) is 9.31. The van der Waals surface area contributed by atoms with Crippen molar-refractivity contribution in [3.8, 4) is 0 Å². The molecule has 0 heterocycles. The van der Waals surface area contributed by atoms with Gasteiger partial charge in [0.25, 0.3) is 0 Å². The highest BCUT2D eigenvalue weighted by Crippen LogP contribution is 2.32. The fourth-order valence-corrected chi connectivity index (χ4v) is 2.15. The van der Waals surface area contributed by atoms with Crippen molar-refractivity contribution in [3.63, 3.8) is 0 Å². The maximum Gasteiger partial charge on any atom is 0.411 e. The Kier molecular flexibility index (Phi) is 4.44. The van der Waals surface area contributed by atoms with Gasteiger partial charge in [0, 0.05) is 0 Å². The van der Waals surface area contributed by atoms with Crippen molar-refractivity contribution in [1.82, 2.24) is 0 Å². The van der Waals surface area contributed by atoms with Gasteiger partial charge in [-0.1, -0.05) is 26.7 Å². The van der Waals surface area contributed by atoms with Crippen LogP contribution in [0, 0.1) is 11.8 Å². The van der Waals surface area contributed by atoms with Gasteiger partial charge in [-0.3, -0.25) is 0 Å². The molecule has 1 fully saturated rings. The number of ether oxygens (including phenoxy) is 1. The Hall–Kier alpha value is -0.250. The summed E-state index contributed by atoms with van der Waals surface area (Å²) in [5.74, 6) is 1.07. The summed E-state index contributed by atoms with van der Waals surface area (Å²) in [6.45, 7) is 3.15. The van der Waals surface area contributed by atoms with E-state index in [9.17, 15) is 13.2 Å². The van der Waals surface area contributed by atoms with E-state index in [0.717, 1.165) is 25.7 Å². The van der Waals surface area contributed by atoms with E-state index in [0.29, 0.717) is 11.8 Å². The topological polar surface area (TPSA) is 9.23 Å². The molecule has 0 aromatic heterocycles. The largest absolute Gasteiger partial charge is 0.411 e. The first kappa shape index (κ1) is 12.8. The molecule has 90 valence electrons. The quantitative estimate of drug-likeness (QED) is 0.708. The summed E-state index contributed by atoms with van der Waals surface area (Å²) in [6.07, 6.45) is -0.694. The third kappa shape index (κ3) is 4.87. The Morgan fingerprint density at radius 1 is 1.27 bits per heavy atom. The minimum absolute atomic E-state index is 0.187. The normalized spacial score (nSPS) is 28.4. The van der Waals surface area contributed by atoms with Gasteiger partial charge in [0.05, 0.1) is 6.10 Å². The lowest BCUT2D eigenvalue weighted by Gasteiger charge is -2.31. The summed E-state index contributed by atoms with van der Waals surface area (Å²) >= 11 is 0. The Morgan fingerprint density at radius 2 is 1.93 bits per heavy atom. The van der Waals surface area contributed by atoms with Gasteiger partial charge in [-0.15, -0.1) is 0 Å². The molecule has 1 saturated carbocycles. The van der Waals surface area contributed by atoms with Crippen molar-refractivity contribution in [2.75, 3.05) is 6.61 Å². The van der Waals surface area contributed by atoms with E-state index in [4.69, 9.17) is 4.74 Å². The summed E-state index contributed by atoms with van der Waals surface area (Å²) in [4.78, 5) is 0. The molecule has 0 bridgehead atoms. The molecule has 2 unspecified atom stereocenters. The van der Waals surface area contributed by atoms with Crippen molar-refractivity contribution < 1.29 is 17.9 Å². The lowest BCUT2D eigenvalue weighted by Crippen LogP contribution is -2.29. The first-order valence-electron chi connectivity index (χ1n) is 5.57. The molecule has 1 nitrogen and oxygen atoms in total. The molecule has 0 aromatic carbocycles. The van der Waals surface area contributed by atoms with Crippen LogP contribution in [0.4, 0.5) is 13.2 Å². The molecule has 0 N–H and O–H groups in total. The van der Waals surface area contributed by atoms with E-state index in [2.05, 4.69) is 13.8 Å².